The number of aryl methyl sites for hydroxylation is 1. The standard InChI is InChI=1S/C21H21F3N2O3S/c1-13-6-7-15(19-12-20(26-29-19)30-9-8-25-14(2)27)10-18(13)28-17-5-3-4-16(11-17)21(22,23)24/h3-7,10-11,19H,8-9,12H2,1-2H3,(H,25,27)/t19-/m1/s1. The predicted octanol–water partition coefficient (Wildman–Crippen LogP) is 5.45. The molecule has 2 aromatic rings. The van der Waals surface area contributed by atoms with Crippen LogP contribution in [0.1, 0.15) is 36.1 Å². The van der Waals surface area contributed by atoms with Crippen LogP contribution in [-0.4, -0.2) is 23.2 Å². The average molecular weight is 438 g/mol. The van der Waals surface area contributed by atoms with Crippen molar-refractivity contribution in [2.24, 2.45) is 5.16 Å². The van der Waals surface area contributed by atoms with Gasteiger partial charge >= 0.3 is 6.18 Å². The first kappa shape index (κ1) is 22.0. The maximum Gasteiger partial charge on any atom is 0.416 e. The van der Waals surface area contributed by atoms with Crippen molar-refractivity contribution in [2.45, 2.75) is 32.5 Å². The van der Waals surface area contributed by atoms with E-state index in [1.165, 1.54) is 30.8 Å². The molecule has 1 aliphatic rings. The molecule has 1 N–H and O–H groups in total. The number of alkyl halides is 3. The Morgan fingerprint density at radius 1 is 1.30 bits per heavy atom. The second kappa shape index (κ2) is 9.42. The predicted molar refractivity (Wildman–Crippen MR) is 110 cm³/mol. The van der Waals surface area contributed by atoms with Crippen molar-refractivity contribution in [3.8, 4) is 11.5 Å². The molecule has 9 heteroatoms. The lowest BCUT2D eigenvalue weighted by Crippen LogP contribution is -2.22. The van der Waals surface area contributed by atoms with Gasteiger partial charge in [0.1, 0.15) is 16.5 Å². The fourth-order valence-corrected chi connectivity index (χ4v) is 3.61. The van der Waals surface area contributed by atoms with Crippen LogP contribution in [0.2, 0.25) is 0 Å². The van der Waals surface area contributed by atoms with Crippen LogP contribution < -0.4 is 10.1 Å². The first-order valence-corrected chi connectivity index (χ1v) is 10.3. The molecule has 0 spiro atoms. The summed E-state index contributed by atoms with van der Waals surface area (Å²) in [5.41, 5.74) is 0.853. The Hall–Kier alpha value is -2.68. The quantitative estimate of drug-likeness (QED) is 0.610. The summed E-state index contributed by atoms with van der Waals surface area (Å²) in [4.78, 5) is 16.4. The molecule has 0 aliphatic carbocycles. The molecule has 0 radical (unpaired) electrons. The fraction of sp³-hybridized carbons (Fsp3) is 0.333. The van der Waals surface area contributed by atoms with Crippen molar-refractivity contribution in [1.29, 1.82) is 0 Å². The number of rotatable bonds is 6. The van der Waals surface area contributed by atoms with E-state index in [-0.39, 0.29) is 17.8 Å². The molecule has 5 nitrogen and oxygen atoms in total. The highest BCUT2D eigenvalue weighted by Gasteiger charge is 2.30. The number of hydrogen-bond donors (Lipinski definition) is 1. The Balaban J connectivity index is 1.64. The number of nitrogens with zero attached hydrogens (tertiary/aromatic N) is 1. The number of carbonyl (C=O) groups is 1. The molecule has 1 atom stereocenters. The van der Waals surface area contributed by atoms with Crippen molar-refractivity contribution in [3.63, 3.8) is 0 Å². The van der Waals surface area contributed by atoms with Gasteiger partial charge in [0.05, 0.1) is 5.56 Å². The Morgan fingerprint density at radius 3 is 2.83 bits per heavy atom. The Bertz CT molecular complexity index is 947. The molecule has 1 heterocycles. The summed E-state index contributed by atoms with van der Waals surface area (Å²) in [5, 5.41) is 7.63. The summed E-state index contributed by atoms with van der Waals surface area (Å²) in [5.74, 6) is 1.18. The molecule has 0 aromatic heterocycles. The van der Waals surface area contributed by atoms with E-state index in [2.05, 4.69) is 10.5 Å². The van der Waals surface area contributed by atoms with E-state index in [4.69, 9.17) is 9.57 Å². The van der Waals surface area contributed by atoms with Crippen LogP contribution in [-0.2, 0) is 15.8 Å². The number of halogens is 3. The highest BCUT2D eigenvalue weighted by Crippen LogP contribution is 2.36. The molecule has 0 unspecified atom stereocenters. The summed E-state index contributed by atoms with van der Waals surface area (Å²) >= 11 is 1.51. The zero-order chi connectivity index (χ0) is 21.7. The van der Waals surface area contributed by atoms with E-state index in [1.54, 1.807) is 6.07 Å². The monoisotopic (exact) mass is 438 g/mol. The molecule has 0 saturated carbocycles. The third-order valence-electron chi connectivity index (χ3n) is 4.36. The van der Waals surface area contributed by atoms with Crippen molar-refractivity contribution in [2.75, 3.05) is 12.3 Å². The number of nitrogens with one attached hydrogen (secondary N) is 1. The largest absolute Gasteiger partial charge is 0.457 e. The molecule has 0 fully saturated rings. The molecular weight excluding hydrogens is 417 g/mol. The number of amides is 1. The van der Waals surface area contributed by atoms with E-state index in [0.717, 1.165) is 28.3 Å². The number of hydrogen-bond acceptors (Lipinski definition) is 5. The Kier molecular flexibility index (Phi) is 6.91. The zero-order valence-electron chi connectivity index (χ0n) is 16.5. The van der Waals surface area contributed by atoms with Crippen molar-refractivity contribution < 1.29 is 27.5 Å². The maximum absolute atomic E-state index is 12.9. The van der Waals surface area contributed by atoms with Crippen molar-refractivity contribution >= 4 is 22.7 Å². The highest BCUT2D eigenvalue weighted by molar-refractivity contribution is 8.13. The van der Waals surface area contributed by atoms with Crippen LogP contribution >= 0.6 is 11.8 Å². The van der Waals surface area contributed by atoms with Gasteiger partial charge in [-0.2, -0.15) is 13.2 Å². The zero-order valence-corrected chi connectivity index (χ0v) is 17.3. The van der Waals surface area contributed by atoms with E-state index in [1.807, 2.05) is 19.1 Å². The first-order valence-electron chi connectivity index (χ1n) is 9.28. The van der Waals surface area contributed by atoms with E-state index >= 15 is 0 Å². The van der Waals surface area contributed by atoms with Gasteiger partial charge in [0.15, 0.2) is 6.10 Å². The lowest BCUT2D eigenvalue weighted by atomic mass is 10.0. The molecular formula is C21H21F3N2O3S. The SMILES string of the molecule is CC(=O)NCCSC1=NO[C@@H](c2ccc(C)c(Oc3cccc(C(F)(F)F)c3)c2)C1. The molecule has 0 bridgehead atoms. The Labute approximate surface area is 176 Å². The summed E-state index contributed by atoms with van der Waals surface area (Å²) in [6, 6.07) is 10.3. The van der Waals surface area contributed by atoms with Gasteiger partial charge in [0.2, 0.25) is 5.91 Å². The van der Waals surface area contributed by atoms with Gasteiger partial charge in [0, 0.05) is 25.6 Å². The van der Waals surface area contributed by atoms with Crippen LogP contribution in [0.5, 0.6) is 11.5 Å². The molecule has 160 valence electrons. The van der Waals surface area contributed by atoms with Crippen LogP contribution in [0.25, 0.3) is 0 Å². The third kappa shape index (κ3) is 5.91. The number of carbonyl (C=O) groups excluding carboxylic acids is 1. The lowest BCUT2D eigenvalue weighted by molar-refractivity contribution is -0.137. The first-order chi connectivity index (χ1) is 14.2. The van der Waals surface area contributed by atoms with Crippen LogP contribution in [0.15, 0.2) is 47.6 Å². The van der Waals surface area contributed by atoms with Crippen molar-refractivity contribution in [1.82, 2.24) is 5.32 Å². The van der Waals surface area contributed by atoms with Crippen LogP contribution in [0, 0.1) is 6.92 Å². The number of ether oxygens (including phenoxy) is 1. The molecule has 1 amide bonds. The second-order valence-corrected chi connectivity index (χ2v) is 7.94. The van der Waals surface area contributed by atoms with Gasteiger partial charge in [-0.15, -0.1) is 11.8 Å². The fourth-order valence-electron chi connectivity index (χ4n) is 2.81. The number of thioether (sulfide) groups is 1. The maximum atomic E-state index is 12.9. The lowest BCUT2D eigenvalue weighted by Gasteiger charge is -2.14. The van der Waals surface area contributed by atoms with E-state index < -0.39 is 11.7 Å². The normalized spacial score (nSPS) is 16.0. The van der Waals surface area contributed by atoms with Crippen LogP contribution in [0.3, 0.4) is 0 Å². The minimum Gasteiger partial charge on any atom is -0.457 e. The van der Waals surface area contributed by atoms with E-state index in [0.29, 0.717) is 24.5 Å². The van der Waals surface area contributed by atoms with Gasteiger partial charge in [-0.25, -0.2) is 0 Å². The van der Waals surface area contributed by atoms with Gasteiger partial charge < -0.3 is 14.9 Å². The van der Waals surface area contributed by atoms with Gasteiger partial charge in [-0.3, -0.25) is 4.79 Å². The van der Waals surface area contributed by atoms with Gasteiger partial charge in [-0.05, 0) is 42.3 Å². The second-order valence-electron chi connectivity index (χ2n) is 6.77. The summed E-state index contributed by atoms with van der Waals surface area (Å²) < 4.78 is 44.5. The minimum atomic E-state index is -4.43. The van der Waals surface area contributed by atoms with Crippen LogP contribution in [0.4, 0.5) is 13.2 Å². The summed E-state index contributed by atoms with van der Waals surface area (Å²) in [7, 11) is 0. The topological polar surface area (TPSA) is 59.9 Å². The molecule has 30 heavy (non-hydrogen) atoms. The van der Waals surface area contributed by atoms with Gasteiger partial charge in [0.25, 0.3) is 0 Å². The van der Waals surface area contributed by atoms with E-state index in [9.17, 15) is 18.0 Å². The molecule has 0 saturated heterocycles. The number of oxime groups is 1. The third-order valence-corrected chi connectivity index (χ3v) is 5.34. The summed E-state index contributed by atoms with van der Waals surface area (Å²) in [6.45, 7) is 3.83. The molecule has 1 aliphatic heterocycles. The molecule has 3 rings (SSSR count). The minimum absolute atomic E-state index is 0.0777. The van der Waals surface area contributed by atoms with Gasteiger partial charge in [-0.1, -0.05) is 23.4 Å². The molecule has 2 aromatic carbocycles. The summed E-state index contributed by atoms with van der Waals surface area (Å²) in [6.07, 6.45) is -4.14. The smallest absolute Gasteiger partial charge is 0.416 e. The average Bonchev–Trinajstić information content (AvgIpc) is 3.15. The number of benzene rings is 2. The van der Waals surface area contributed by atoms with Crippen molar-refractivity contribution in [3.05, 3.63) is 59.2 Å². The Morgan fingerprint density at radius 2 is 2.10 bits per heavy atom. The highest BCUT2D eigenvalue weighted by atomic mass is 32.2.